The van der Waals surface area contributed by atoms with Crippen LogP contribution in [0.25, 0.3) is 0 Å². The van der Waals surface area contributed by atoms with Crippen molar-refractivity contribution >= 4 is 39.7 Å². The van der Waals surface area contributed by atoms with Gasteiger partial charge in [-0.05, 0) is 55.3 Å². The predicted molar refractivity (Wildman–Crippen MR) is 129 cm³/mol. The number of amides is 1. The van der Waals surface area contributed by atoms with Gasteiger partial charge in [-0.1, -0.05) is 34.1 Å². The number of ether oxygens (including phenoxy) is 2. The average Bonchev–Trinajstić information content (AvgIpc) is 2.80. The number of carbonyl (C=O) groups is 2. The standard InChI is InChI=1S/C24H20BrN3O6/c1-15-10-20(28(31)32)11-16(2)23(15)33-14-22(29)27-26-13-18-12-19(25)8-9-21(18)34-24(30)17-6-4-3-5-7-17/h3-13H,14H2,1-2H3,(H,27,29)/b26-13-. The largest absolute Gasteiger partial charge is 0.483 e. The van der Waals surface area contributed by atoms with E-state index in [2.05, 4.69) is 26.5 Å². The number of rotatable bonds is 8. The number of halogens is 1. The van der Waals surface area contributed by atoms with E-state index in [0.29, 0.717) is 28.0 Å². The fourth-order valence-corrected chi connectivity index (χ4v) is 3.43. The molecule has 3 aromatic carbocycles. The smallest absolute Gasteiger partial charge is 0.343 e. The van der Waals surface area contributed by atoms with E-state index in [4.69, 9.17) is 9.47 Å². The number of nitro benzene ring substituents is 1. The lowest BCUT2D eigenvalue weighted by molar-refractivity contribution is -0.385. The molecule has 3 rings (SSSR count). The molecule has 0 spiro atoms. The minimum Gasteiger partial charge on any atom is -0.483 e. The summed E-state index contributed by atoms with van der Waals surface area (Å²) in [6.45, 7) is 2.99. The van der Waals surface area contributed by atoms with Gasteiger partial charge in [-0.3, -0.25) is 14.9 Å². The van der Waals surface area contributed by atoms with E-state index in [1.54, 1.807) is 62.4 Å². The normalized spacial score (nSPS) is 10.7. The molecule has 174 valence electrons. The summed E-state index contributed by atoms with van der Waals surface area (Å²) in [5.41, 5.74) is 4.24. The highest BCUT2D eigenvalue weighted by molar-refractivity contribution is 9.10. The molecular weight excluding hydrogens is 506 g/mol. The Morgan fingerprint density at radius 2 is 1.76 bits per heavy atom. The maximum atomic E-state index is 12.4. The summed E-state index contributed by atoms with van der Waals surface area (Å²) in [4.78, 5) is 35.0. The average molecular weight is 526 g/mol. The number of hydrazone groups is 1. The molecule has 1 amide bonds. The van der Waals surface area contributed by atoms with Gasteiger partial charge in [0.05, 0.1) is 16.7 Å². The van der Waals surface area contributed by atoms with E-state index in [1.807, 2.05) is 0 Å². The van der Waals surface area contributed by atoms with Gasteiger partial charge in [0.1, 0.15) is 11.5 Å². The second kappa shape index (κ2) is 11.2. The molecule has 0 atom stereocenters. The van der Waals surface area contributed by atoms with Crippen LogP contribution < -0.4 is 14.9 Å². The molecule has 0 saturated heterocycles. The second-order valence-electron chi connectivity index (χ2n) is 7.19. The van der Waals surface area contributed by atoms with Gasteiger partial charge in [0.25, 0.3) is 11.6 Å². The number of carbonyl (C=O) groups excluding carboxylic acids is 2. The van der Waals surface area contributed by atoms with Crippen molar-refractivity contribution in [2.24, 2.45) is 5.10 Å². The van der Waals surface area contributed by atoms with Crippen LogP contribution in [0.3, 0.4) is 0 Å². The first-order valence-electron chi connectivity index (χ1n) is 10.0. The molecule has 0 saturated carbocycles. The van der Waals surface area contributed by atoms with E-state index in [0.717, 1.165) is 4.47 Å². The second-order valence-corrected chi connectivity index (χ2v) is 8.10. The van der Waals surface area contributed by atoms with Crippen molar-refractivity contribution in [2.75, 3.05) is 6.61 Å². The fourth-order valence-electron chi connectivity index (χ4n) is 3.05. The van der Waals surface area contributed by atoms with Gasteiger partial charge < -0.3 is 9.47 Å². The van der Waals surface area contributed by atoms with Crippen LogP contribution >= 0.6 is 15.9 Å². The lowest BCUT2D eigenvalue weighted by Crippen LogP contribution is -2.25. The van der Waals surface area contributed by atoms with E-state index in [-0.39, 0.29) is 18.0 Å². The molecule has 0 unspecified atom stereocenters. The number of aryl methyl sites for hydroxylation is 2. The highest BCUT2D eigenvalue weighted by Crippen LogP contribution is 2.28. The third-order valence-corrected chi connectivity index (χ3v) is 5.07. The van der Waals surface area contributed by atoms with Crippen LogP contribution in [0, 0.1) is 24.0 Å². The molecule has 0 aliphatic heterocycles. The molecule has 1 N–H and O–H groups in total. The summed E-state index contributed by atoms with van der Waals surface area (Å²) >= 11 is 3.35. The number of non-ortho nitro benzene ring substituents is 1. The molecule has 10 heteroatoms. The molecule has 0 aromatic heterocycles. The summed E-state index contributed by atoms with van der Waals surface area (Å²) < 4.78 is 11.7. The number of nitrogens with zero attached hydrogens (tertiary/aromatic N) is 2. The monoisotopic (exact) mass is 525 g/mol. The molecule has 3 aromatic rings. The van der Waals surface area contributed by atoms with Gasteiger partial charge in [-0.2, -0.15) is 5.10 Å². The quantitative estimate of drug-likeness (QED) is 0.149. The predicted octanol–water partition coefficient (Wildman–Crippen LogP) is 4.72. The van der Waals surface area contributed by atoms with Crippen molar-refractivity contribution in [1.82, 2.24) is 5.43 Å². The van der Waals surface area contributed by atoms with Crippen LogP contribution in [-0.4, -0.2) is 29.6 Å². The first kappa shape index (κ1) is 24.6. The maximum Gasteiger partial charge on any atom is 0.343 e. The first-order valence-corrected chi connectivity index (χ1v) is 10.8. The lowest BCUT2D eigenvalue weighted by Gasteiger charge is -2.11. The zero-order valence-corrected chi connectivity index (χ0v) is 19.9. The van der Waals surface area contributed by atoms with Gasteiger partial charge in [0.15, 0.2) is 6.61 Å². The summed E-state index contributed by atoms with van der Waals surface area (Å²) in [6, 6.07) is 16.3. The van der Waals surface area contributed by atoms with Crippen molar-refractivity contribution in [3.05, 3.63) is 97.5 Å². The Hall–Kier alpha value is -4.05. The molecule has 0 aliphatic carbocycles. The van der Waals surface area contributed by atoms with E-state index < -0.39 is 16.8 Å². The van der Waals surface area contributed by atoms with Crippen molar-refractivity contribution in [1.29, 1.82) is 0 Å². The molecule has 0 aliphatic rings. The number of hydrogen-bond donors (Lipinski definition) is 1. The van der Waals surface area contributed by atoms with Gasteiger partial charge in [-0.15, -0.1) is 0 Å². The zero-order valence-electron chi connectivity index (χ0n) is 18.3. The van der Waals surface area contributed by atoms with Gasteiger partial charge in [0.2, 0.25) is 0 Å². The third-order valence-electron chi connectivity index (χ3n) is 4.58. The maximum absolute atomic E-state index is 12.4. The highest BCUT2D eigenvalue weighted by atomic mass is 79.9. The van der Waals surface area contributed by atoms with Crippen LogP contribution in [0.2, 0.25) is 0 Å². The third kappa shape index (κ3) is 6.48. The number of nitro groups is 1. The Kier molecular flexibility index (Phi) is 8.10. The molecule has 0 heterocycles. The summed E-state index contributed by atoms with van der Waals surface area (Å²) in [5.74, 6) is -0.398. The number of benzene rings is 3. The fraction of sp³-hybridized carbons (Fsp3) is 0.125. The number of esters is 1. The Labute approximate surface area is 203 Å². The summed E-state index contributed by atoms with van der Waals surface area (Å²) in [7, 11) is 0. The molecule has 34 heavy (non-hydrogen) atoms. The highest BCUT2D eigenvalue weighted by Gasteiger charge is 2.14. The Morgan fingerprint density at radius 1 is 1.09 bits per heavy atom. The van der Waals surface area contributed by atoms with Crippen LogP contribution in [0.15, 0.2) is 70.2 Å². The van der Waals surface area contributed by atoms with Gasteiger partial charge in [0, 0.05) is 22.2 Å². The molecule has 0 radical (unpaired) electrons. The minimum atomic E-state index is -0.536. The summed E-state index contributed by atoms with van der Waals surface area (Å²) in [5, 5.41) is 14.9. The van der Waals surface area contributed by atoms with Crippen molar-refractivity contribution in [2.45, 2.75) is 13.8 Å². The first-order chi connectivity index (χ1) is 16.2. The Morgan fingerprint density at radius 3 is 2.41 bits per heavy atom. The van der Waals surface area contributed by atoms with Crippen LogP contribution in [0.5, 0.6) is 11.5 Å². The van der Waals surface area contributed by atoms with Crippen LogP contribution in [-0.2, 0) is 4.79 Å². The minimum absolute atomic E-state index is 0.0470. The molecule has 9 nitrogen and oxygen atoms in total. The van der Waals surface area contributed by atoms with Crippen LogP contribution in [0.1, 0.15) is 27.0 Å². The lowest BCUT2D eigenvalue weighted by atomic mass is 10.1. The zero-order chi connectivity index (χ0) is 24.7. The summed E-state index contributed by atoms with van der Waals surface area (Å²) in [6.07, 6.45) is 1.35. The van der Waals surface area contributed by atoms with E-state index in [9.17, 15) is 19.7 Å². The van der Waals surface area contributed by atoms with Gasteiger partial charge in [-0.25, -0.2) is 10.2 Å². The molecule has 0 bridgehead atoms. The number of nitrogens with one attached hydrogen (secondary N) is 1. The van der Waals surface area contributed by atoms with Gasteiger partial charge >= 0.3 is 5.97 Å². The topological polar surface area (TPSA) is 120 Å². The Balaban J connectivity index is 1.63. The SMILES string of the molecule is Cc1cc([N+](=O)[O-])cc(C)c1OCC(=O)N/N=C\c1cc(Br)ccc1OC(=O)c1ccccc1. The van der Waals surface area contributed by atoms with Crippen LogP contribution in [0.4, 0.5) is 5.69 Å². The Bertz CT molecular complexity index is 1240. The molecular formula is C24H20BrN3O6. The van der Waals surface area contributed by atoms with Crippen molar-refractivity contribution in [3.63, 3.8) is 0 Å². The molecule has 0 fully saturated rings. The van der Waals surface area contributed by atoms with Crippen molar-refractivity contribution in [3.8, 4) is 11.5 Å². The van der Waals surface area contributed by atoms with E-state index in [1.165, 1.54) is 18.3 Å². The van der Waals surface area contributed by atoms with Crippen molar-refractivity contribution < 1.29 is 24.0 Å². The van der Waals surface area contributed by atoms with E-state index >= 15 is 0 Å². The number of hydrogen-bond acceptors (Lipinski definition) is 7.